The molecule has 0 nitrogen and oxygen atoms in total. The summed E-state index contributed by atoms with van der Waals surface area (Å²) >= 11 is 0. The Hall–Kier alpha value is -0.520. The molecule has 1 rings (SSSR count). The van der Waals surface area contributed by atoms with Crippen molar-refractivity contribution in [2.24, 2.45) is 0 Å². The molecule has 0 fully saturated rings. The molecule has 0 atom stereocenters. The van der Waals surface area contributed by atoms with Crippen LogP contribution in [0, 0.1) is 6.42 Å². The minimum Gasteiger partial charge on any atom is -0.0885 e. The van der Waals surface area contributed by atoms with Gasteiger partial charge in [0.2, 0.25) is 0 Å². The second-order valence-corrected chi connectivity index (χ2v) is 4.06. The first-order valence-electron chi connectivity index (χ1n) is 6.13. The van der Waals surface area contributed by atoms with Crippen LogP contribution < -0.4 is 0 Å². The molecule has 1 radical (unpaired) electrons. The van der Waals surface area contributed by atoms with E-state index in [1.54, 1.807) is 0 Å². The summed E-state index contributed by atoms with van der Waals surface area (Å²) in [5.41, 5.74) is 0. The van der Waals surface area contributed by atoms with Crippen molar-refractivity contribution in [3.8, 4) is 0 Å². The Kier molecular flexibility index (Phi) is 7.47. The van der Waals surface area contributed by atoms with Crippen molar-refractivity contribution in [2.75, 3.05) is 0 Å². The molecule has 0 unspecified atom stereocenters. The van der Waals surface area contributed by atoms with E-state index in [-0.39, 0.29) is 0 Å². The average molecular weight is 191 g/mol. The van der Waals surface area contributed by atoms with E-state index in [2.05, 4.69) is 30.7 Å². The van der Waals surface area contributed by atoms with Crippen LogP contribution in [0.1, 0.15) is 57.8 Å². The maximum Gasteiger partial charge on any atom is -0.0170 e. The fourth-order valence-electron chi connectivity index (χ4n) is 1.76. The first-order chi connectivity index (χ1) is 7.00. The molecule has 0 aromatic carbocycles. The molecule has 0 amide bonds. The normalized spacial score (nSPS) is 26.3. The highest BCUT2D eigenvalue weighted by Gasteiger charge is 1.89. The molecular weight excluding hydrogens is 168 g/mol. The molecule has 0 spiro atoms. The molecular formula is C14H23. The van der Waals surface area contributed by atoms with Crippen molar-refractivity contribution >= 4 is 0 Å². The van der Waals surface area contributed by atoms with Gasteiger partial charge >= 0.3 is 0 Å². The number of hydrogen-bond donors (Lipinski definition) is 0. The Labute approximate surface area is 89.1 Å². The van der Waals surface area contributed by atoms with Crippen LogP contribution in [-0.2, 0) is 0 Å². The van der Waals surface area contributed by atoms with Gasteiger partial charge in [0.05, 0.1) is 0 Å². The first kappa shape index (κ1) is 11.6. The summed E-state index contributed by atoms with van der Waals surface area (Å²) in [5.74, 6) is 0. The topological polar surface area (TPSA) is 0 Å². The van der Waals surface area contributed by atoms with Gasteiger partial charge < -0.3 is 0 Å². The fraction of sp³-hybridized carbons (Fsp3) is 0.643. The van der Waals surface area contributed by atoms with E-state index >= 15 is 0 Å². The van der Waals surface area contributed by atoms with E-state index in [9.17, 15) is 0 Å². The summed E-state index contributed by atoms with van der Waals surface area (Å²) in [6.07, 6.45) is 23.5. The van der Waals surface area contributed by atoms with Gasteiger partial charge in [0.1, 0.15) is 0 Å². The highest BCUT2D eigenvalue weighted by Crippen LogP contribution is 2.09. The maximum absolute atomic E-state index is 2.36. The molecule has 0 saturated heterocycles. The zero-order valence-electron chi connectivity index (χ0n) is 9.25. The highest BCUT2D eigenvalue weighted by molar-refractivity contribution is 4.95. The predicted octanol–water partition coefficient (Wildman–Crippen LogP) is 4.83. The lowest BCUT2D eigenvalue weighted by atomic mass is 10.1. The minimum absolute atomic E-state index is 1.24. The van der Waals surface area contributed by atoms with E-state index in [1.807, 2.05) is 0 Å². The van der Waals surface area contributed by atoms with Crippen LogP contribution in [0.3, 0.4) is 0 Å². The molecule has 0 aromatic rings. The summed E-state index contributed by atoms with van der Waals surface area (Å²) in [4.78, 5) is 0. The summed E-state index contributed by atoms with van der Waals surface area (Å²) < 4.78 is 0. The molecule has 0 bridgehead atoms. The maximum atomic E-state index is 2.36. The van der Waals surface area contributed by atoms with Crippen molar-refractivity contribution in [2.45, 2.75) is 57.8 Å². The molecule has 0 aromatic heterocycles. The summed E-state index contributed by atoms with van der Waals surface area (Å²) in [6, 6.07) is 0. The van der Waals surface area contributed by atoms with E-state index in [0.717, 1.165) is 0 Å². The molecule has 79 valence electrons. The molecule has 0 aliphatic heterocycles. The van der Waals surface area contributed by atoms with Crippen LogP contribution in [0.15, 0.2) is 24.3 Å². The van der Waals surface area contributed by atoms with Crippen LogP contribution in [-0.4, -0.2) is 0 Å². The Bertz CT molecular complexity index is 145. The quantitative estimate of drug-likeness (QED) is 0.481. The summed E-state index contributed by atoms with van der Waals surface area (Å²) in [5, 5.41) is 0. The zero-order valence-corrected chi connectivity index (χ0v) is 9.25. The minimum atomic E-state index is 1.24. The van der Waals surface area contributed by atoms with Crippen LogP contribution in [0.5, 0.6) is 0 Å². The van der Waals surface area contributed by atoms with Crippen molar-refractivity contribution in [3.05, 3.63) is 30.7 Å². The molecule has 1 aliphatic rings. The molecule has 0 N–H and O–H groups in total. The van der Waals surface area contributed by atoms with Gasteiger partial charge in [-0.05, 0) is 51.4 Å². The highest BCUT2D eigenvalue weighted by atomic mass is 14.0. The van der Waals surface area contributed by atoms with Gasteiger partial charge in [0.15, 0.2) is 0 Å². The third-order valence-electron chi connectivity index (χ3n) is 2.67. The lowest BCUT2D eigenvalue weighted by molar-refractivity contribution is 0.650. The molecule has 0 heterocycles. The van der Waals surface area contributed by atoms with Crippen LogP contribution >= 0.6 is 0 Å². The molecule has 0 saturated carbocycles. The Morgan fingerprint density at radius 2 is 1.14 bits per heavy atom. The second kappa shape index (κ2) is 9.05. The second-order valence-electron chi connectivity index (χ2n) is 4.06. The lowest BCUT2D eigenvalue weighted by Gasteiger charge is -1.99. The number of rotatable bonds is 0. The first-order valence-corrected chi connectivity index (χ1v) is 6.13. The van der Waals surface area contributed by atoms with Gasteiger partial charge in [-0.1, -0.05) is 37.1 Å². The van der Waals surface area contributed by atoms with E-state index in [0.29, 0.717) is 0 Å². The number of hydrogen-bond acceptors (Lipinski definition) is 0. The standard InChI is InChI=1S/C14H23/c1-2-4-6-8-10-12-14-13-11-9-7-5-3-1/h1-3,10,12H,4-9,11,13-14H2/b3-1+,12-10-. The third-order valence-corrected chi connectivity index (χ3v) is 2.67. The molecule has 14 heavy (non-hydrogen) atoms. The lowest BCUT2D eigenvalue weighted by Crippen LogP contribution is -1.79. The average Bonchev–Trinajstić information content (AvgIpc) is 2.22. The van der Waals surface area contributed by atoms with Crippen molar-refractivity contribution < 1.29 is 0 Å². The Balaban J connectivity index is 2.16. The van der Waals surface area contributed by atoms with Crippen molar-refractivity contribution in [3.63, 3.8) is 0 Å². The smallest absolute Gasteiger partial charge is 0.0170 e. The van der Waals surface area contributed by atoms with Gasteiger partial charge in [-0.25, -0.2) is 0 Å². The van der Waals surface area contributed by atoms with E-state index in [4.69, 9.17) is 0 Å². The van der Waals surface area contributed by atoms with Crippen LogP contribution in [0.4, 0.5) is 0 Å². The SMILES string of the molecule is [CH]1/C=C/CCCCCC/C=C\CCC1. The Morgan fingerprint density at radius 3 is 1.93 bits per heavy atom. The van der Waals surface area contributed by atoms with Crippen molar-refractivity contribution in [1.82, 2.24) is 0 Å². The van der Waals surface area contributed by atoms with Gasteiger partial charge in [-0.3, -0.25) is 0 Å². The van der Waals surface area contributed by atoms with Gasteiger partial charge in [-0.15, -0.1) is 0 Å². The summed E-state index contributed by atoms with van der Waals surface area (Å²) in [7, 11) is 0. The molecule has 0 heteroatoms. The third kappa shape index (κ3) is 6.94. The van der Waals surface area contributed by atoms with Crippen LogP contribution in [0.25, 0.3) is 0 Å². The van der Waals surface area contributed by atoms with Gasteiger partial charge in [0, 0.05) is 0 Å². The van der Waals surface area contributed by atoms with Gasteiger partial charge in [0.25, 0.3) is 0 Å². The van der Waals surface area contributed by atoms with E-state index in [1.165, 1.54) is 57.8 Å². The Morgan fingerprint density at radius 1 is 0.500 bits per heavy atom. The monoisotopic (exact) mass is 191 g/mol. The number of allylic oxidation sites excluding steroid dienone is 4. The van der Waals surface area contributed by atoms with Gasteiger partial charge in [-0.2, -0.15) is 0 Å². The predicted molar refractivity (Wildman–Crippen MR) is 64.1 cm³/mol. The summed E-state index contributed by atoms with van der Waals surface area (Å²) in [6.45, 7) is 0. The fourth-order valence-corrected chi connectivity index (χ4v) is 1.76. The van der Waals surface area contributed by atoms with E-state index < -0.39 is 0 Å². The largest absolute Gasteiger partial charge is 0.0885 e. The molecule has 1 aliphatic carbocycles. The van der Waals surface area contributed by atoms with Crippen LogP contribution in [0.2, 0.25) is 0 Å². The zero-order chi connectivity index (χ0) is 9.90. The van der Waals surface area contributed by atoms with Crippen molar-refractivity contribution in [1.29, 1.82) is 0 Å².